The molecule has 6 nitrogen and oxygen atoms in total. The van der Waals surface area contributed by atoms with Crippen LogP contribution in [-0.4, -0.2) is 20.4 Å². The second-order valence-corrected chi connectivity index (χ2v) is 8.28. The number of carbonyl (C=O) groups is 1. The van der Waals surface area contributed by atoms with Crippen LogP contribution in [0.5, 0.6) is 0 Å². The Balaban J connectivity index is 1.28. The lowest BCUT2D eigenvalue weighted by atomic mass is 10.00. The number of Topliss-reactive ketones (excluding diaryl/α,β-unsaturated/α-hetero) is 1. The van der Waals surface area contributed by atoms with Crippen LogP contribution in [-0.2, 0) is 17.6 Å². The highest BCUT2D eigenvalue weighted by Crippen LogP contribution is 2.23. The number of hydrogen-bond donors (Lipinski definition) is 1. The van der Waals surface area contributed by atoms with E-state index in [0.29, 0.717) is 28.4 Å². The summed E-state index contributed by atoms with van der Waals surface area (Å²) in [5, 5.41) is 16.8. The smallest absolute Gasteiger partial charge is 0.247 e. The summed E-state index contributed by atoms with van der Waals surface area (Å²) < 4.78 is 28.1. The molecule has 36 heavy (non-hydrogen) atoms. The SMILES string of the molecule is N#Cc1ccccc1Nc1nc2ccc(-c3ccc(CC(=O)Cc4ccc(F)c(F)c4)cc3)cn2n1. The first-order valence-electron chi connectivity index (χ1n) is 11.2. The number of fused-ring (bicyclic) bond motifs is 1. The van der Waals surface area contributed by atoms with Crippen LogP contribution in [0.25, 0.3) is 16.8 Å². The summed E-state index contributed by atoms with van der Waals surface area (Å²) in [7, 11) is 0. The first kappa shape index (κ1) is 22.9. The summed E-state index contributed by atoms with van der Waals surface area (Å²) in [5.41, 5.74) is 4.91. The summed E-state index contributed by atoms with van der Waals surface area (Å²) in [6, 6.07) is 24.1. The molecule has 0 atom stereocenters. The van der Waals surface area contributed by atoms with Crippen LogP contribution in [0.3, 0.4) is 0 Å². The van der Waals surface area contributed by atoms with Gasteiger partial charge in [-0.15, -0.1) is 5.10 Å². The van der Waals surface area contributed by atoms with E-state index in [1.54, 1.807) is 22.7 Å². The number of carbonyl (C=O) groups excluding carboxylic acids is 1. The highest BCUT2D eigenvalue weighted by molar-refractivity contribution is 5.83. The molecule has 2 aromatic heterocycles. The van der Waals surface area contributed by atoms with E-state index in [1.807, 2.05) is 48.7 Å². The molecule has 0 bridgehead atoms. The fourth-order valence-corrected chi connectivity index (χ4v) is 3.90. The van der Waals surface area contributed by atoms with Crippen LogP contribution in [0.4, 0.5) is 20.4 Å². The normalized spacial score (nSPS) is 10.8. The van der Waals surface area contributed by atoms with Crippen molar-refractivity contribution < 1.29 is 13.6 Å². The van der Waals surface area contributed by atoms with Gasteiger partial charge in [0.1, 0.15) is 11.9 Å². The summed E-state index contributed by atoms with van der Waals surface area (Å²) in [6.07, 6.45) is 2.09. The number of hydrogen-bond acceptors (Lipinski definition) is 5. The van der Waals surface area contributed by atoms with Crippen molar-refractivity contribution in [3.63, 3.8) is 0 Å². The van der Waals surface area contributed by atoms with Gasteiger partial charge in [-0.05, 0) is 53.1 Å². The zero-order valence-corrected chi connectivity index (χ0v) is 19.0. The first-order chi connectivity index (χ1) is 17.5. The fourth-order valence-electron chi connectivity index (χ4n) is 3.90. The summed E-state index contributed by atoms with van der Waals surface area (Å²) in [6.45, 7) is 0. The fraction of sp³-hybridized carbons (Fsp3) is 0.0714. The number of nitrogens with one attached hydrogen (secondary N) is 1. The third-order valence-electron chi connectivity index (χ3n) is 5.70. The lowest BCUT2D eigenvalue weighted by Crippen LogP contribution is -2.07. The molecule has 0 aliphatic heterocycles. The van der Waals surface area contributed by atoms with E-state index in [9.17, 15) is 18.8 Å². The Hall–Kier alpha value is -4.90. The van der Waals surface area contributed by atoms with E-state index in [4.69, 9.17) is 0 Å². The van der Waals surface area contributed by atoms with Gasteiger partial charge in [-0.1, -0.05) is 42.5 Å². The summed E-state index contributed by atoms with van der Waals surface area (Å²) >= 11 is 0. The van der Waals surface area contributed by atoms with Crippen molar-refractivity contribution in [1.82, 2.24) is 14.6 Å². The van der Waals surface area contributed by atoms with Crippen LogP contribution < -0.4 is 5.32 Å². The van der Waals surface area contributed by atoms with E-state index in [1.165, 1.54) is 6.07 Å². The van der Waals surface area contributed by atoms with Gasteiger partial charge in [0.2, 0.25) is 5.95 Å². The molecule has 0 saturated heterocycles. The number of anilines is 2. The number of nitrogens with zero attached hydrogens (tertiary/aromatic N) is 4. The molecule has 1 N–H and O–H groups in total. The van der Waals surface area contributed by atoms with Crippen LogP contribution in [0.15, 0.2) is 85.1 Å². The Labute approximate surface area is 205 Å². The van der Waals surface area contributed by atoms with Crippen molar-refractivity contribution in [1.29, 1.82) is 5.26 Å². The minimum Gasteiger partial charge on any atom is -0.322 e. The largest absolute Gasteiger partial charge is 0.322 e. The second kappa shape index (κ2) is 9.76. The van der Waals surface area contributed by atoms with Gasteiger partial charge in [0.15, 0.2) is 17.3 Å². The second-order valence-electron chi connectivity index (χ2n) is 8.28. The van der Waals surface area contributed by atoms with Gasteiger partial charge in [-0.2, -0.15) is 10.2 Å². The molecule has 0 aliphatic rings. The predicted octanol–water partition coefficient (Wildman–Crippen LogP) is 5.64. The number of ketones is 1. The lowest BCUT2D eigenvalue weighted by molar-refractivity contribution is -0.117. The Morgan fingerprint density at radius 2 is 1.61 bits per heavy atom. The number of benzene rings is 3. The van der Waals surface area contributed by atoms with Gasteiger partial charge in [-0.3, -0.25) is 4.79 Å². The van der Waals surface area contributed by atoms with Crippen molar-refractivity contribution in [2.75, 3.05) is 5.32 Å². The molecule has 0 spiro atoms. The Morgan fingerprint density at radius 3 is 2.39 bits per heavy atom. The predicted molar refractivity (Wildman–Crippen MR) is 132 cm³/mol. The third kappa shape index (κ3) is 4.95. The minimum absolute atomic E-state index is 0.0388. The van der Waals surface area contributed by atoms with E-state index in [0.717, 1.165) is 28.8 Å². The van der Waals surface area contributed by atoms with Crippen molar-refractivity contribution >= 4 is 23.1 Å². The molecule has 176 valence electrons. The molecule has 0 fully saturated rings. The molecule has 0 saturated carbocycles. The van der Waals surface area contributed by atoms with Gasteiger partial charge < -0.3 is 5.32 Å². The lowest BCUT2D eigenvalue weighted by Gasteiger charge is -2.06. The number of nitriles is 1. The van der Waals surface area contributed by atoms with Crippen LogP contribution >= 0.6 is 0 Å². The maximum absolute atomic E-state index is 13.4. The Kier molecular flexibility index (Phi) is 6.20. The number of rotatable bonds is 7. The molecule has 0 radical (unpaired) electrons. The molecule has 0 amide bonds. The van der Waals surface area contributed by atoms with Gasteiger partial charge in [0, 0.05) is 24.6 Å². The molecule has 0 unspecified atom stereocenters. The summed E-state index contributed by atoms with van der Waals surface area (Å²) in [4.78, 5) is 16.9. The van der Waals surface area contributed by atoms with Gasteiger partial charge in [-0.25, -0.2) is 13.3 Å². The highest BCUT2D eigenvalue weighted by Gasteiger charge is 2.10. The van der Waals surface area contributed by atoms with Crippen molar-refractivity contribution in [3.8, 4) is 17.2 Å². The number of aromatic nitrogens is 3. The van der Waals surface area contributed by atoms with Crippen molar-refractivity contribution in [3.05, 3.63) is 113 Å². The van der Waals surface area contributed by atoms with E-state index in [-0.39, 0.29) is 18.6 Å². The molecule has 3 aromatic carbocycles. The maximum atomic E-state index is 13.4. The monoisotopic (exact) mass is 479 g/mol. The number of pyridine rings is 1. The zero-order chi connectivity index (χ0) is 25.1. The van der Waals surface area contributed by atoms with Gasteiger partial charge in [0.25, 0.3) is 0 Å². The number of para-hydroxylation sites is 1. The van der Waals surface area contributed by atoms with Crippen molar-refractivity contribution in [2.45, 2.75) is 12.8 Å². The molecular weight excluding hydrogens is 460 g/mol. The molecule has 5 aromatic rings. The maximum Gasteiger partial charge on any atom is 0.247 e. The summed E-state index contributed by atoms with van der Waals surface area (Å²) in [5.74, 6) is -1.59. The third-order valence-corrected chi connectivity index (χ3v) is 5.70. The zero-order valence-electron chi connectivity index (χ0n) is 19.0. The number of halogens is 2. The molecule has 5 rings (SSSR count). The van der Waals surface area contributed by atoms with Gasteiger partial charge in [0.05, 0.1) is 11.3 Å². The molecule has 8 heteroatoms. The topological polar surface area (TPSA) is 83.1 Å². The molecule has 0 aliphatic carbocycles. The van der Waals surface area contributed by atoms with Crippen LogP contribution in [0.2, 0.25) is 0 Å². The minimum atomic E-state index is -0.955. The Morgan fingerprint density at radius 1 is 0.889 bits per heavy atom. The molecule has 2 heterocycles. The Bertz CT molecular complexity index is 1620. The van der Waals surface area contributed by atoms with Gasteiger partial charge >= 0.3 is 0 Å². The first-order valence-corrected chi connectivity index (χ1v) is 11.2. The van der Waals surface area contributed by atoms with E-state index >= 15 is 0 Å². The average molecular weight is 479 g/mol. The average Bonchev–Trinajstić information content (AvgIpc) is 3.28. The van der Waals surface area contributed by atoms with E-state index in [2.05, 4.69) is 21.5 Å². The quantitative estimate of drug-likeness (QED) is 0.326. The highest BCUT2D eigenvalue weighted by atomic mass is 19.2. The van der Waals surface area contributed by atoms with Crippen molar-refractivity contribution in [2.24, 2.45) is 0 Å². The van der Waals surface area contributed by atoms with Crippen LogP contribution in [0, 0.1) is 23.0 Å². The van der Waals surface area contributed by atoms with Crippen LogP contribution in [0.1, 0.15) is 16.7 Å². The molecular formula is C28H19F2N5O. The van der Waals surface area contributed by atoms with E-state index < -0.39 is 11.6 Å². The standard InChI is InChI=1S/C28H19F2N5O/c29-24-11-7-19(15-25(24)30)14-23(36)13-18-5-8-20(9-6-18)22-10-12-27-33-28(34-35(27)17-22)32-26-4-2-1-3-21(26)16-31/h1-12,15,17H,13-14H2,(H,32,34).